The van der Waals surface area contributed by atoms with Crippen molar-refractivity contribution in [2.24, 2.45) is 0 Å². The van der Waals surface area contributed by atoms with Crippen molar-refractivity contribution in [3.05, 3.63) is 17.1 Å². The summed E-state index contributed by atoms with van der Waals surface area (Å²) in [7, 11) is 0. The van der Waals surface area contributed by atoms with Crippen LogP contribution in [0.2, 0.25) is 0 Å². The minimum absolute atomic E-state index is 0.0451. The molecule has 3 nitrogen and oxygen atoms in total. The predicted molar refractivity (Wildman–Crippen MR) is 40.1 cm³/mol. The van der Waals surface area contributed by atoms with Gasteiger partial charge in [0, 0.05) is 11.9 Å². The fourth-order valence-corrected chi connectivity index (χ4v) is 1.10. The standard InChI is InChI=1S/C6H8N2OS/c1-2-7-6(9)5-3-8-10-4-5/h3-4H,2H2,1H3,(H,7,9). The Morgan fingerprint density at radius 1 is 1.90 bits per heavy atom. The first-order valence-electron chi connectivity index (χ1n) is 3.02. The number of hydrogen-bond acceptors (Lipinski definition) is 3. The van der Waals surface area contributed by atoms with E-state index in [0.717, 1.165) is 0 Å². The van der Waals surface area contributed by atoms with E-state index in [0.29, 0.717) is 12.1 Å². The Morgan fingerprint density at radius 2 is 2.70 bits per heavy atom. The van der Waals surface area contributed by atoms with Crippen LogP contribution in [0, 0.1) is 0 Å². The van der Waals surface area contributed by atoms with E-state index in [4.69, 9.17) is 0 Å². The summed E-state index contributed by atoms with van der Waals surface area (Å²) in [6.45, 7) is 2.55. The topological polar surface area (TPSA) is 42.0 Å². The quantitative estimate of drug-likeness (QED) is 0.691. The second kappa shape index (κ2) is 3.31. The van der Waals surface area contributed by atoms with E-state index in [1.807, 2.05) is 6.92 Å². The zero-order valence-corrected chi connectivity index (χ0v) is 6.44. The second-order valence-electron chi connectivity index (χ2n) is 1.77. The molecule has 1 aromatic rings. The molecule has 0 aromatic carbocycles. The highest BCUT2D eigenvalue weighted by Crippen LogP contribution is 1.99. The van der Waals surface area contributed by atoms with Crippen molar-refractivity contribution in [2.45, 2.75) is 6.92 Å². The van der Waals surface area contributed by atoms with Crippen molar-refractivity contribution in [2.75, 3.05) is 6.54 Å². The number of carbonyl (C=O) groups excluding carboxylic acids is 1. The van der Waals surface area contributed by atoms with Gasteiger partial charge in [-0.15, -0.1) is 0 Å². The molecule has 0 aliphatic rings. The van der Waals surface area contributed by atoms with Crippen LogP contribution in [-0.2, 0) is 0 Å². The molecule has 1 N–H and O–H groups in total. The van der Waals surface area contributed by atoms with Crippen molar-refractivity contribution in [1.82, 2.24) is 9.69 Å². The zero-order chi connectivity index (χ0) is 7.40. The summed E-state index contributed by atoms with van der Waals surface area (Å²) in [5.74, 6) is -0.0451. The average molecular weight is 156 g/mol. The summed E-state index contributed by atoms with van der Waals surface area (Å²) >= 11 is 1.28. The van der Waals surface area contributed by atoms with Crippen molar-refractivity contribution in [3.63, 3.8) is 0 Å². The van der Waals surface area contributed by atoms with Gasteiger partial charge in [-0.2, -0.15) is 0 Å². The van der Waals surface area contributed by atoms with E-state index in [-0.39, 0.29) is 5.91 Å². The molecule has 0 aliphatic carbocycles. The Kier molecular flexibility index (Phi) is 2.39. The molecule has 0 saturated heterocycles. The van der Waals surface area contributed by atoms with Gasteiger partial charge < -0.3 is 5.32 Å². The van der Waals surface area contributed by atoms with E-state index in [2.05, 4.69) is 9.69 Å². The lowest BCUT2D eigenvalue weighted by molar-refractivity contribution is 0.0956. The summed E-state index contributed by atoms with van der Waals surface area (Å²) in [5, 5.41) is 4.40. The first-order chi connectivity index (χ1) is 4.84. The number of nitrogens with zero attached hydrogens (tertiary/aromatic N) is 1. The van der Waals surface area contributed by atoms with Crippen LogP contribution in [-0.4, -0.2) is 16.8 Å². The number of carbonyl (C=O) groups is 1. The SMILES string of the molecule is CCNC(=O)c1cnsc1. The maximum Gasteiger partial charge on any atom is 0.253 e. The fourth-order valence-electron chi connectivity index (χ4n) is 0.580. The average Bonchev–Trinajstić information content (AvgIpc) is 2.38. The van der Waals surface area contributed by atoms with Crippen molar-refractivity contribution in [3.8, 4) is 0 Å². The largest absolute Gasteiger partial charge is 0.352 e. The third kappa shape index (κ3) is 1.54. The van der Waals surface area contributed by atoms with Gasteiger partial charge in [0.15, 0.2) is 0 Å². The summed E-state index contributed by atoms with van der Waals surface area (Å²) in [5.41, 5.74) is 0.645. The lowest BCUT2D eigenvalue weighted by Gasteiger charge is -1.95. The molecule has 0 atom stereocenters. The van der Waals surface area contributed by atoms with Crippen LogP contribution in [0.1, 0.15) is 17.3 Å². The minimum Gasteiger partial charge on any atom is -0.352 e. The molecule has 10 heavy (non-hydrogen) atoms. The van der Waals surface area contributed by atoms with Crippen LogP contribution < -0.4 is 5.32 Å². The van der Waals surface area contributed by atoms with Crippen LogP contribution in [0.25, 0.3) is 0 Å². The first kappa shape index (κ1) is 7.21. The van der Waals surface area contributed by atoms with Gasteiger partial charge in [0.25, 0.3) is 5.91 Å². The van der Waals surface area contributed by atoms with Crippen molar-refractivity contribution >= 4 is 17.4 Å². The number of aromatic nitrogens is 1. The van der Waals surface area contributed by atoms with E-state index >= 15 is 0 Å². The normalized spacial score (nSPS) is 9.30. The molecular weight excluding hydrogens is 148 g/mol. The predicted octanol–water partition coefficient (Wildman–Crippen LogP) is 0.893. The maximum absolute atomic E-state index is 11.0. The summed E-state index contributed by atoms with van der Waals surface area (Å²) in [4.78, 5) is 11.0. The molecule has 0 radical (unpaired) electrons. The molecule has 1 aromatic heterocycles. The summed E-state index contributed by atoms with van der Waals surface area (Å²) in [6, 6.07) is 0. The van der Waals surface area contributed by atoms with E-state index in [9.17, 15) is 4.79 Å². The molecule has 0 fully saturated rings. The molecule has 1 heterocycles. The molecule has 1 rings (SSSR count). The van der Waals surface area contributed by atoms with Gasteiger partial charge in [0.2, 0.25) is 0 Å². The van der Waals surface area contributed by atoms with Gasteiger partial charge in [0.05, 0.1) is 11.8 Å². The van der Waals surface area contributed by atoms with Crippen LogP contribution in [0.5, 0.6) is 0 Å². The zero-order valence-electron chi connectivity index (χ0n) is 5.63. The molecule has 0 spiro atoms. The van der Waals surface area contributed by atoms with Crippen LogP contribution >= 0.6 is 11.5 Å². The Bertz CT molecular complexity index is 208. The molecule has 1 amide bonds. The lowest BCUT2D eigenvalue weighted by atomic mass is 10.3. The molecule has 0 aliphatic heterocycles. The molecule has 4 heteroatoms. The number of amides is 1. The molecule has 0 saturated carbocycles. The lowest BCUT2D eigenvalue weighted by Crippen LogP contribution is -2.21. The van der Waals surface area contributed by atoms with Gasteiger partial charge in [-0.25, -0.2) is 4.37 Å². The number of rotatable bonds is 2. The smallest absolute Gasteiger partial charge is 0.253 e. The Hall–Kier alpha value is -0.900. The van der Waals surface area contributed by atoms with Crippen molar-refractivity contribution in [1.29, 1.82) is 0 Å². The highest BCUT2D eigenvalue weighted by Gasteiger charge is 2.02. The van der Waals surface area contributed by atoms with Crippen LogP contribution in [0.4, 0.5) is 0 Å². The summed E-state index contributed by atoms with van der Waals surface area (Å²) in [6.07, 6.45) is 1.57. The molecular formula is C6H8N2OS. The van der Waals surface area contributed by atoms with Gasteiger partial charge in [-0.3, -0.25) is 4.79 Å². The van der Waals surface area contributed by atoms with Crippen LogP contribution in [0.3, 0.4) is 0 Å². The molecule has 54 valence electrons. The Labute approximate surface area is 63.2 Å². The van der Waals surface area contributed by atoms with E-state index in [1.165, 1.54) is 11.5 Å². The minimum atomic E-state index is -0.0451. The third-order valence-electron chi connectivity index (χ3n) is 1.03. The Morgan fingerprint density at radius 3 is 3.20 bits per heavy atom. The number of hydrogen-bond donors (Lipinski definition) is 1. The fraction of sp³-hybridized carbons (Fsp3) is 0.333. The highest BCUT2D eigenvalue weighted by atomic mass is 32.1. The van der Waals surface area contributed by atoms with Gasteiger partial charge in [-0.1, -0.05) is 0 Å². The second-order valence-corrected chi connectivity index (χ2v) is 2.43. The third-order valence-corrected chi connectivity index (χ3v) is 1.62. The molecule has 0 bridgehead atoms. The monoisotopic (exact) mass is 156 g/mol. The van der Waals surface area contributed by atoms with Crippen LogP contribution in [0.15, 0.2) is 11.6 Å². The molecule has 0 unspecified atom stereocenters. The van der Waals surface area contributed by atoms with Gasteiger partial charge in [-0.05, 0) is 18.5 Å². The van der Waals surface area contributed by atoms with Crippen molar-refractivity contribution < 1.29 is 4.79 Å². The number of nitrogens with one attached hydrogen (secondary N) is 1. The van der Waals surface area contributed by atoms with E-state index in [1.54, 1.807) is 11.6 Å². The Balaban J connectivity index is 2.59. The van der Waals surface area contributed by atoms with E-state index < -0.39 is 0 Å². The first-order valence-corrected chi connectivity index (χ1v) is 3.86. The van der Waals surface area contributed by atoms with Gasteiger partial charge in [0.1, 0.15) is 0 Å². The van der Waals surface area contributed by atoms with Gasteiger partial charge >= 0.3 is 0 Å². The summed E-state index contributed by atoms with van der Waals surface area (Å²) < 4.78 is 3.81. The maximum atomic E-state index is 11.0. The highest BCUT2D eigenvalue weighted by molar-refractivity contribution is 7.03.